The molecular formula is C6H8O3S2. The minimum absolute atomic E-state index is 0.0509. The monoisotopic (exact) mass is 192 g/mol. The van der Waals surface area contributed by atoms with E-state index in [1.165, 1.54) is 0 Å². The molecule has 1 N–H and O–H groups in total. The smallest absolute Gasteiger partial charge is 0.188 e. The maximum Gasteiger partial charge on any atom is 0.188 e. The van der Waals surface area contributed by atoms with Gasteiger partial charge in [0.1, 0.15) is 5.75 Å². The molecule has 0 aromatic carbocycles. The van der Waals surface area contributed by atoms with Crippen molar-refractivity contribution in [2.45, 2.75) is 11.1 Å². The fourth-order valence-electron chi connectivity index (χ4n) is 0.678. The lowest BCUT2D eigenvalue weighted by Gasteiger charge is -1.93. The van der Waals surface area contributed by atoms with E-state index in [1.54, 1.807) is 12.3 Å². The van der Waals surface area contributed by atoms with Gasteiger partial charge in [-0.2, -0.15) is 0 Å². The first-order valence-electron chi connectivity index (χ1n) is 2.90. The first kappa shape index (κ1) is 8.55. The van der Waals surface area contributed by atoms with E-state index < -0.39 is 9.84 Å². The van der Waals surface area contributed by atoms with Crippen molar-refractivity contribution in [2.75, 3.05) is 6.26 Å². The molecule has 5 heteroatoms. The Bertz CT molecular complexity index is 361. The van der Waals surface area contributed by atoms with E-state index in [0.717, 1.165) is 17.6 Å². The van der Waals surface area contributed by atoms with Gasteiger partial charge in [0.2, 0.25) is 0 Å². The van der Waals surface area contributed by atoms with Gasteiger partial charge in [0.05, 0.1) is 0 Å². The first-order valence-corrected chi connectivity index (χ1v) is 5.67. The standard InChI is InChI=1S/C6H8O3S2/c1-4-3-10-6(5(4)7)11(2,8)9/h3,7H,1-2H3. The van der Waals surface area contributed by atoms with Crippen LogP contribution in [0.1, 0.15) is 5.56 Å². The van der Waals surface area contributed by atoms with Crippen LogP contribution in [0.25, 0.3) is 0 Å². The van der Waals surface area contributed by atoms with Gasteiger partial charge < -0.3 is 5.11 Å². The molecule has 0 fully saturated rings. The Morgan fingerprint density at radius 3 is 2.27 bits per heavy atom. The molecule has 0 spiro atoms. The van der Waals surface area contributed by atoms with Gasteiger partial charge in [0.25, 0.3) is 0 Å². The number of hydrogen-bond acceptors (Lipinski definition) is 4. The number of sulfone groups is 1. The van der Waals surface area contributed by atoms with E-state index in [2.05, 4.69) is 0 Å². The Morgan fingerprint density at radius 2 is 2.09 bits per heavy atom. The second kappa shape index (κ2) is 2.49. The molecule has 0 aliphatic rings. The Labute approximate surface area is 69.2 Å². The molecule has 1 rings (SSSR count). The van der Waals surface area contributed by atoms with Gasteiger partial charge in [-0.25, -0.2) is 8.42 Å². The van der Waals surface area contributed by atoms with Gasteiger partial charge in [0, 0.05) is 11.8 Å². The summed E-state index contributed by atoms with van der Waals surface area (Å²) >= 11 is 1.05. The van der Waals surface area contributed by atoms with E-state index in [9.17, 15) is 13.5 Å². The molecule has 0 amide bonds. The second-order valence-corrected chi connectivity index (χ2v) is 5.42. The lowest BCUT2D eigenvalue weighted by molar-refractivity contribution is 0.460. The van der Waals surface area contributed by atoms with E-state index in [1.807, 2.05) is 0 Å². The summed E-state index contributed by atoms with van der Waals surface area (Å²) in [5.74, 6) is -0.113. The summed E-state index contributed by atoms with van der Waals surface area (Å²) in [7, 11) is -3.24. The molecule has 0 unspecified atom stereocenters. The summed E-state index contributed by atoms with van der Waals surface area (Å²) < 4.78 is 21.9. The number of aryl methyl sites for hydroxylation is 1. The summed E-state index contributed by atoms with van der Waals surface area (Å²) in [5.41, 5.74) is 0.607. The van der Waals surface area contributed by atoms with E-state index in [0.29, 0.717) is 5.56 Å². The molecule has 0 saturated carbocycles. The van der Waals surface area contributed by atoms with Crippen molar-refractivity contribution in [3.63, 3.8) is 0 Å². The minimum atomic E-state index is -3.24. The van der Waals surface area contributed by atoms with Crippen LogP contribution in [-0.4, -0.2) is 19.8 Å². The zero-order valence-electron chi connectivity index (χ0n) is 6.16. The summed E-state index contributed by atoms with van der Waals surface area (Å²) in [6, 6.07) is 0. The Kier molecular flexibility index (Phi) is 1.94. The maximum atomic E-state index is 10.9. The van der Waals surface area contributed by atoms with E-state index in [-0.39, 0.29) is 9.96 Å². The Balaban J connectivity index is 3.38. The predicted molar refractivity (Wildman–Crippen MR) is 43.8 cm³/mol. The van der Waals surface area contributed by atoms with Crippen molar-refractivity contribution >= 4 is 21.2 Å². The van der Waals surface area contributed by atoms with Gasteiger partial charge in [-0.05, 0) is 12.3 Å². The highest BCUT2D eigenvalue weighted by Gasteiger charge is 2.16. The molecule has 11 heavy (non-hydrogen) atoms. The van der Waals surface area contributed by atoms with Crippen LogP contribution in [0.2, 0.25) is 0 Å². The van der Waals surface area contributed by atoms with Crippen molar-refractivity contribution in [3.05, 3.63) is 10.9 Å². The van der Waals surface area contributed by atoms with Gasteiger partial charge in [-0.3, -0.25) is 0 Å². The topological polar surface area (TPSA) is 54.4 Å². The van der Waals surface area contributed by atoms with Gasteiger partial charge in [0.15, 0.2) is 14.0 Å². The first-order chi connectivity index (χ1) is 4.93. The number of aromatic hydroxyl groups is 1. The molecule has 3 nitrogen and oxygen atoms in total. The van der Waals surface area contributed by atoms with Crippen LogP contribution in [0.4, 0.5) is 0 Å². The highest BCUT2D eigenvalue weighted by molar-refractivity contribution is 7.92. The lowest BCUT2D eigenvalue weighted by Crippen LogP contribution is -1.93. The normalized spacial score (nSPS) is 11.8. The molecule has 1 aromatic rings. The van der Waals surface area contributed by atoms with Crippen LogP contribution in [0.3, 0.4) is 0 Å². The van der Waals surface area contributed by atoms with Crippen LogP contribution < -0.4 is 0 Å². The van der Waals surface area contributed by atoms with Crippen LogP contribution in [0, 0.1) is 6.92 Å². The quantitative estimate of drug-likeness (QED) is 0.726. The zero-order valence-corrected chi connectivity index (χ0v) is 7.79. The van der Waals surface area contributed by atoms with Crippen molar-refractivity contribution in [1.82, 2.24) is 0 Å². The van der Waals surface area contributed by atoms with E-state index in [4.69, 9.17) is 0 Å². The molecule has 62 valence electrons. The summed E-state index contributed by atoms with van der Waals surface area (Å²) in [5, 5.41) is 10.8. The number of thiophene rings is 1. The minimum Gasteiger partial charge on any atom is -0.505 e. The van der Waals surface area contributed by atoms with Gasteiger partial charge in [-0.1, -0.05) is 0 Å². The molecule has 0 atom stereocenters. The number of rotatable bonds is 1. The maximum absolute atomic E-state index is 10.9. The highest BCUT2D eigenvalue weighted by atomic mass is 32.2. The molecule has 1 heterocycles. The largest absolute Gasteiger partial charge is 0.505 e. The summed E-state index contributed by atoms with van der Waals surface area (Å²) in [6.07, 6.45) is 1.08. The Hall–Kier alpha value is -0.550. The molecule has 0 bridgehead atoms. The lowest BCUT2D eigenvalue weighted by atomic mass is 10.4. The van der Waals surface area contributed by atoms with Gasteiger partial charge in [-0.15, -0.1) is 11.3 Å². The molecule has 0 aliphatic heterocycles. The summed E-state index contributed by atoms with van der Waals surface area (Å²) in [6.45, 7) is 1.67. The van der Waals surface area contributed by atoms with Crippen LogP contribution >= 0.6 is 11.3 Å². The Morgan fingerprint density at radius 1 is 1.55 bits per heavy atom. The average molecular weight is 192 g/mol. The van der Waals surface area contributed by atoms with Crippen molar-refractivity contribution in [3.8, 4) is 5.75 Å². The van der Waals surface area contributed by atoms with Gasteiger partial charge >= 0.3 is 0 Å². The SMILES string of the molecule is Cc1csc(S(C)(=O)=O)c1O. The molecular weight excluding hydrogens is 184 g/mol. The van der Waals surface area contributed by atoms with Crippen LogP contribution in [-0.2, 0) is 9.84 Å². The molecule has 0 aliphatic carbocycles. The molecule has 0 saturated heterocycles. The van der Waals surface area contributed by atoms with Crippen LogP contribution in [0.15, 0.2) is 9.59 Å². The number of hydrogen-bond donors (Lipinski definition) is 1. The zero-order chi connectivity index (χ0) is 8.65. The van der Waals surface area contributed by atoms with Crippen LogP contribution in [0.5, 0.6) is 5.75 Å². The second-order valence-electron chi connectivity index (χ2n) is 2.33. The average Bonchev–Trinajstić information content (AvgIpc) is 2.11. The van der Waals surface area contributed by atoms with Crippen molar-refractivity contribution in [1.29, 1.82) is 0 Å². The fraction of sp³-hybridized carbons (Fsp3) is 0.333. The third-order valence-corrected chi connectivity index (χ3v) is 4.19. The highest BCUT2D eigenvalue weighted by Crippen LogP contribution is 2.32. The molecule has 1 aromatic heterocycles. The third kappa shape index (κ3) is 1.54. The van der Waals surface area contributed by atoms with E-state index >= 15 is 0 Å². The predicted octanol–water partition coefficient (Wildman–Crippen LogP) is 1.17. The fourth-order valence-corrected chi connectivity index (χ4v) is 2.70. The molecule has 0 radical (unpaired) electrons. The summed E-state index contributed by atoms with van der Waals surface area (Å²) in [4.78, 5) is 0. The third-order valence-electron chi connectivity index (χ3n) is 1.25. The van der Waals surface area contributed by atoms with Crippen molar-refractivity contribution in [2.24, 2.45) is 0 Å². The van der Waals surface area contributed by atoms with Crippen molar-refractivity contribution < 1.29 is 13.5 Å².